The molecular formula is C22H22N2O5S. The van der Waals surface area contributed by atoms with Crippen LogP contribution < -0.4 is 10.2 Å². The Morgan fingerprint density at radius 2 is 2.00 bits per heavy atom. The molecule has 4 rings (SSSR count). The summed E-state index contributed by atoms with van der Waals surface area (Å²) in [4.78, 5) is 28.8. The Morgan fingerprint density at radius 1 is 1.23 bits per heavy atom. The fraction of sp³-hybridized carbons (Fsp3) is 0.318. The van der Waals surface area contributed by atoms with E-state index in [1.165, 1.54) is 0 Å². The minimum Gasteiger partial charge on any atom is -0.486 e. The molecule has 0 bridgehead atoms. The number of aromatic nitrogens is 1. The Hall–Kier alpha value is -2.97. The van der Waals surface area contributed by atoms with Crippen LogP contribution in [0.5, 0.6) is 5.75 Å². The van der Waals surface area contributed by atoms with Crippen LogP contribution in [0.1, 0.15) is 23.9 Å². The summed E-state index contributed by atoms with van der Waals surface area (Å²) in [6.07, 6.45) is 0.718. The van der Waals surface area contributed by atoms with Gasteiger partial charge in [-0.2, -0.15) is 0 Å². The van der Waals surface area contributed by atoms with E-state index in [-0.39, 0.29) is 6.61 Å². The van der Waals surface area contributed by atoms with Crippen molar-refractivity contribution >= 4 is 33.4 Å². The summed E-state index contributed by atoms with van der Waals surface area (Å²) < 4.78 is 12.1. The van der Waals surface area contributed by atoms with E-state index in [0.29, 0.717) is 25.2 Å². The monoisotopic (exact) mass is 426 g/mol. The summed E-state index contributed by atoms with van der Waals surface area (Å²) in [7, 11) is 0. The van der Waals surface area contributed by atoms with Gasteiger partial charge in [0.1, 0.15) is 17.4 Å². The highest BCUT2D eigenvalue weighted by Gasteiger charge is 2.64. The van der Waals surface area contributed by atoms with Crippen LogP contribution in [0, 0.1) is 11.3 Å². The third-order valence-electron chi connectivity index (χ3n) is 5.33. The predicted molar refractivity (Wildman–Crippen MR) is 111 cm³/mol. The molecule has 1 aliphatic carbocycles. The van der Waals surface area contributed by atoms with Gasteiger partial charge in [0.25, 0.3) is 0 Å². The van der Waals surface area contributed by atoms with E-state index in [1.54, 1.807) is 23.7 Å². The number of para-hydroxylation sites is 1. The second-order valence-corrected chi connectivity index (χ2v) is 8.41. The number of benzene rings is 2. The third kappa shape index (κ3) is 4.01. The minimum atomic E-state index is -0.924. The maximum absolute atomic E-state index is 12.4. The minimum absolute atomic E-state index is 0.243. The van der Waals surface area contributed by atoms with E-state index in [0.717, 1.165) is 20.8 Å². The summed E-state index contributed by atoms with van der Waals surface area (Å²) in [6.45, 7) is 2.35. The van der Waals surface area contributed by atoms with Gasteiger partial charge in [0, 0.05) is 0 Å². The molecule has 2 N–H and O–H groups in total. The Morgan fingerprint density at radius 3 is 2.70 bits per heavy atom. The Balaban J connectivity index is 1.41. The Kier molecular flexibility index (Phi) is 5.69. The lowest BCUT2D eigenvalue weighted by atomic mass is 9.93. The summed E-state index contributed by atoms with van der Waals surface area (Å²) in [6, 6.07) is 15.4. The van der Waals surface area contributed by atoms with Gasteiger partial charge < -0.3 is 9.47 Å². The third-order valence-corrected chi connectivity index (χ3v) is 6.34. The molecule has 2 atom stereocenters. The van der Waals surface area contributed by atoms with Crippen molar-refractivity contribution in [1.82, 2.24) is 10.5 Å². The quantitative estimate of drug-likeness (QED) is 0.325. The standard InChI is InChI=1S/C22H22N2O5S/c1-2-28-21(26)22(12-16(22)20(25)24-27)11-14-7-9-15(10-8-14)29-13-19-23-17-5-3-4-6-18(17)30-19/h3-10,16,27H,2,11-13H2,1H3,(H,24,25). The summed E-state index contributed by atoms with van der Waals surface area (Å²) in [5.74, 6) is -0.853. The van der Waals surface area contributed by atoms with Gasteiger partial charge in [-0.05, 0) is 49.6 Å². The number of hydroxylamine groups is 1. The number of rotatable bonds is 8. The lowest BCUT2D eigenvalue weighted by molar-refractivity contribution is -0.152. The van der Waals surface area contributed by atoms with Gasteiger partial charge in [-0.25, -0.2) is 10.5 Å². The first-order valence-corrected chi connectivity index (χ1v) is 10.5. The van der Waals surface area contributed by atoms with E-state index in [9.17, 15) is 9.59 Å². The van der Waals surface area contributed by atoms with Crippen molar-refractivity contribution in [3.05, 3.63) is 59.1 Å². The van der Waals surface area contributed by atoms with E-state index < -0.39 is 23.2 Å². The van der Waals surface area contributed by atoms with Crippen LogP contribution >= 0.6 is 11.3 Å². The van der Waals surface area contributed by atoms with Gasteiger partial charge in [0.2, 0.25) is 5.91 Å². The highest BCUT2D eigenvalue weighted by atomic mass is 32.1. The number of carbonyl (C=O) groups excluding carboxylic acids is 2. The summed E-state index contributed by atoms with van der Waals surface area (Å²) in [5, 5.41) is 9.82. The average Bonchev–Trinajstić information content (AvgIpc) is 3.34. The largest absolute Gasteiger partial charge is 0.486 e. The first-order chi connectivity index (χ1) is 14.6. The zero-order valence-corrected chi connectivity index (χ0v) is 17.3. The lowest BCUT2D eigenvalue weighted by Crippen LogP contribution is -2.30. The lowest BCUT2D eigenvalue weighted by Gasteiger charge is -2.16. The molecular weight excluding hydrogens is 404 g/mol. The van der Waals surface area contributed by atoms with Crippen LogP contribution in [0.25, 0.3) is 10.2 Å². The number of nitrogens with one attached hydrogen (secondary N) is 1. The fourth-order valence-electron chi connectivity index (χ4n) is 3.69. The van der Waals surface area contributed by atoms with Crippen LogP contribution in [-0.4, -0.2) is 28.7 Å². The molecule has 156 valence electrons. The van der Waals surface area contributed by atoms with Crippen molar-refractivity contribution in [3.8, 4) is 5.75 Å². The molecule has 0 radical (unpaired) electrons. The van der Waals surface area contributed by atoms with Gasteiger partial charge in [-0.15, -0.1) is 11.3 Å². The zero-order chi connectivity index (χ0) is 21.1. The molecule has 0 aliphatic heterocycles. The molecule has 1 amide bonds. The molecule has 3 aromatic rings. The van der Waals surface area contributed by atoms with Crippen LogP contribution in [0.15, 0.2) is 48.5 Å². The van der Waals surface area contributed by atoms with Crippen molar-refractivity contribution in [2.75, 3.05) is 6.61 Å². The normalized spacial score (nSPS) is 20.0. The molecule has 8 heteroatoms. The van der Waals surface area contributed by atoms with Crippen LogP contribution in [0.4, 0.5) is 0 Å². The number of amides is 1. The second kappa shape index (κ2) is 8.41. The number of esters is 1. The van der Waals surface area contributed by atoms with Gasteiger partial charge in [-0.3, -0.25) is 14.8 Å². The van der Waals surface area contributed by atoms with Crippen molar-refractivity contribution < 1.29 is 24.3 Å². The Labute approximate surface area is 177 Å². The molecule has 2 unspecified atom stereocenters. The van der Waals surface area contributed by atoms with Crippen LogP contribution in [-0.2, 0) is 27.4 Å². The van der Waals surface area contributed by atoms with E-state index in [4.69, 9.17) is 14.7 Å². The van der Waals surface area contributed by atoms with E-state index >= 15 is 0 Å². The molecule has 1 fully saturated rings. The van der Waals surface area contributed by atoms with Crippen molar-refractivity contribution in [2.24, 2.45) is 11.3 Å². The van der Waals surface area contributed by atoms with E-state index in [1.807, 2.05) is 48.5 Å². The molecule has 1 heterocycles. The predicted octanol–water partition coefficient (Wildman–Crippen LogP) is 3.49. The summed E-state index contributed by atoms with van der Waals surface area (Å²) >= 11 is 1.60. The van der Waals surface area contributed by atoms with Crippen LogP contribution in [0.2, 0.25) is 0 Å². The van der Waals surface area contributed by atoms with Crippen LogP contribution in [0.3, 0.4) is 0 Å². The number of fused-ring (bicyclic) bond motifs is 1. The van der Waals surface area contributed by atoms with Gasteiger partial charge in [0.15, 0.2) is 0 Å². The number of hydrogen-bond acceptors (Lipinski definition) is 7. The molecule has 0 spiro atoms. The maximum Gasteiger partial charge on any atom is 0.313 e. The van der Waals surface area contributed by atoms with Gasteiger partial charge >= 0.3 is 5.97 Å². The molecule has 2 aromatic carbocycles. The number of nitrogens with zero attached hydrogens (tertiary/aromatic N) is 1. The van der Waals surface area contributed by atoms with Crippen molar-refractivity contribution in [3.63, 3.8) is 0 Å². The average molecular weight is 426 g/mol. The van der Waals surface area contributed by atoms with Gasteiger partial charge in [0.05, 0.1) is 28.2 Å². The maximum atomic E-state index is 12.4. The molecule has 0 saturated heterocycles. The number of ether oxygens (including phenoxy) is 2. The molecule has 1 aliphatic rings. The Bertz CT molecular complexity index is 1030. The second-order valence-electron chi connectivity index (χ2n) is 7.29. The number of carbonyl (C=O) groups is 2. The highest BCUT2D eigenvalue weighted by Crippen LogP contribution is 2.55. The number of thiazole rings is 1. The van der Waals surface area contributed by atoms with E-state index in [2.05, 4.69) is 4.98 Å². The molecule has 1 aromatic heterocycles. The topological polar surface area (TPSA) is 97.8 Å². The molecule has 30 heavy (non-hydrogen) atoms. The van der Waals surface area contributed by atoms with Crippen molar-refractivity contribution in [1.29, 1.82) is 0 Å². The first kappa shape index (κ1) is 20.3. The zero-order valence-electron chi connectivity index (χ0n) is 16.5. The van der Waals surface area contributed by atoms with Crippen molar-refractivity contribution in [2.45, 2.75) is 26.4 Å². The number of hydrogen-bond donors (Lipinski definition) is 2. The first-order valence-electron chi connectivity index (χ1n) is 9.73. The summed E-state index contributed by atoms with van der Waals surface area (Å²) in [5.41, 5.74) is 2.58. The SMILES string of the molecule is CCOC(=O)C1(Cc2ccc(OCc3nc4ccccc4s3)cc2)CC1C(=O)NO. The fourth-order valence-corrected chi connectivity index (χ4v) is 4.57. The van der Waals surface area contributed by atoms with Gasteiger partial charge in [-0.1, -0.05) is 24.3 Å². The molecule has 7 nitrogen and oxygen atoms in total. The highest BCUT2D eigenvalue weighted by molar-refractivity contribution is 7.18. The smallest absolute Gasteiger partial charge is 0.313 e. The molecule has 1 saturated carbocycles.